The van der Waals surface area contributed by atoms with Crippen molar-refractivity contribution >= 4 is 10.0 Å². The first-order chi connectivity index (χ1) is 9.50. The van der Waals surface area contributed by atoms with E-state index in [4.69, 9.17) is 10.5 Å². The molecular weight excluding hydrogens is 276 g/mol. The molecule has 1 aliphatic rings. The molecule has 5 nitrogen and oxygen atoms in total. The Kier molecular flexibility index (Phi) is 4.33. The van der Waals surface area contributed by atoms with Crippen LogP contribution in [0.2, 0.25) is 0 Å². The summed E-state index contributed by atoms with van der Waals surface area (Å²) < 4.78 is 31.5. The van der Waals surface area contributed by atoms with Gasteiger partial charge in [-0.3, -0.25) is 0 Å². The third-order valence-electron chi connectivity index (χ3n) is 3.23. The van der Waals surface area contributed by atoms with Gasteiger partial charge in [0, 0.05) is 13.1 Å². The van der Waals surface area contributed by atoms with Crippen molar-refractivity contribution in [2.45, 2.75) is 23.8 Å². The summed E-state index contributed by atoms with van der Waals surface area (Å²) >= 11 is 0. The molecule has 1 fully saturated rings. The Morgan fingerprint density at radius 2 is 2.15 bits per heavy atom. The van der Waals surface area contributed by atoms with Crippen molar-refractivity contribution in [3.8, 4) is 17.6 Å². The van der Waals surface area contributed by atoms with Crippen LogP contribution in [0.1, 0.15) is 18.4 Å². The molecule has 0 radical (unpaired) electrons. The van der Waals surface area contributed by atoms with E-state index in [1.54, 1.807) is 19.2 Å². The van der Waals surface area contributed by atoms with Crippen molar-refractivity contribution in [1.82, 2.24) is 4.31 Å². The van der Waals surface area contributed by atoms with Gasteiger partial charge < -0.3 is 10.5 Å². The van der Waals surface area contributed by atoms with E-state index >= 15 is 0 Å². The molecule has 2 N–H and O–H groups in total. The first-order valence-corrected chi connectivity index (χ1v) is 7.79. The number of ether oxygens (including phenoxy) is 1. The van der Waals surface area contributed by atoms with E-state index in [1.807, 2.05) is 0 Å². The van der Waals surface area contributed by atoms with Crippen LogP contribution in [0.3, 0.4) is 0 Å². The number of methoxy groups -OCH3 is 1. The Hall–Kier alpha value is -1.55. The SMILES string of the molecule is COc1ccc(S(=O)(=O)N(C)C2CC2)cc1C#CCN. The Morgan fingerprint density at radius 3 is 2.70 bits per heavy atom. The maximum absolute atomic E-state index is 12.5. The van der Waals surface area contributed by atoms with Crippen LogP contribution in [-0.2, 0) is 10.0 Å². The topological polar surface area (TPSA) is 72.6 Å². The molecule has 1 saturated carbocycles. The minimum Gasteiger partial charge on any atom is -0.495 e. The van der Waals surface area contributed by atoms with Gasteiger partial charge in [-0.25, -0.2) is 8.42 Å². The predicted octanol–water partition coefficient (Wildman–Crippen LogP) is 0.788. The van der Waals surface area contributed by atoms with Crippen LogP contribution in [0.4, 0.5) is 0 Å². The van der Waals surface area contributed by atoms with E-state index in [0.717, 1.165) is 12.8 Å². The van der Waals surface area contributed by atoms with Gasteiger partial charge in [-0.1, -0.05) is 11.8 Å². The van der Waals surface area contributed by atoms with E-state index in [-0.39, 0.29) is 17.5 Å². The summed E-state index contributed by atoms with van der Waals surface area (Å²) in [4.78, 5) is 0.231. The molecule has 20 heavy (non-hydrogen) atoms. The van der Waals surface area contributed by atoms with Gasteiger partial charge in [-0.2, -0.15) is 4.31 Å². The van der Waals surface area contributed by atoms with Gasteiger partial charge in [-0.15, -0.1) is 0 Å². The summed E-state index contributed by atoms with van der Waals surface area (Å²) in [6, 6.07) is 4.82. The van der Waals surface area contributed by atoms with E-state index in [1.165, 1.54) is 17.5 Å². The number of benzene rings is 1. The largest absolute Gasteiger partial charge is 0.495 e. The second-order valence-electron chi connectivity index (χ2n) is 4.62. The Labute approximate surface area is 119 Å². The maximum atomic E-state index is 12.5. The van der Waals surface area contributed by atoms with Gasteiger partial charge in [-0.05, 0) is 31.0 Å². The van der Waals surface area contributed by atoms with Gasteiger partial charge in [0.05, 0.1) is 24.1 Å². The molecule has 108 valence electrons. The fourth-order valence-electron chi connectivity index (χ4n) is 1.89. The molecule has 0 heterocycles. The average molecular weight is 294 g/mol. The predicted molar refractivity (Wildman–Crippen MR) is 76.9 cm³/mol. The molecule has 0 unspecified atom stereocenters. The van der Waals surface area contributed by atoms with Crippen molar-refractivity contribution in [1.29, 1.82) is 0 Å². The van der Waals surface area contributed by atoms with Crippen LogP contribution < -0.4 is 10.5 Å². The molecule has 0 bridgehead atoms. The fourth-order valence-corrected chi connectivity index (χ4v) is 3.33. The monoisotopic (exact) mass is 294 g/mol. The van der Waals surface area contributed by atoms with Gasteiger partial charge >= 0.3 is 0 Å². The highest BCUT2D eigenvalue weighted by atomic mass is 32.2. The van der Waals surface area contributed by atoms with Crippen LogP contribution in [0.15, 0.2) is 23.1 Å². The Bertz CT molecular complexity index is 655. The van der Waals surface area contributed by atoms with Crippen LogP contribution in [0.5, 0.6) is 5.75 Å². The van der Waals surface area contributed by atoms with E-state index in [0.29, 0.717) is 11.3 Å². The summed E-state index contributed by atoms with van der Waals surface area (Å²) in [5, 5.41) is 0. The maximum Gasteiger partial charge on any atom is 0.243 e. The minimum absolute atomic E-state index is 0.126. The zero-order valence-corrected chi connectivity index (χ0v) is 12.4. The number of sulfonamides is 1. The highest BCUT2D eigenvalue weighted by Gasteiger charge is 2.35. The zero-order chi connectivity index (χ0) is 14.8. The van der Waals surface area contributed by atoms with Gasteiger partial charge in [0.15, 0.2) is 0 Å². The molecule has 0 amide bonds. The summed E-state index contributed by atoms with van der Waals surface area (Å²) in [5.74, 6) is 6.09. The van der Waals surface area contributed by atoms with E-state index in [9.17, 15) is 8.42 Å². The van der Waals surface area contributed by atoms with Crippen LogP contribution in [0, 0.1) is 11.8 Å². The third-order valence-corrected chi connectivity index (χ3v) is 5.14. The standard InChI is InChI=1S/C14H18N2O3S/c1-16(12-5-6-12)20(17,18)13-7-8-14(19-2)11(10-13)4-3-9-15/h7-8,10,12H,5-6,9,15H2,1-2H3. The minimum atomic E-state index is -3.47. The smallest absolute Gasteiger partial charge is 0.243 e. The first kappa shape index (κ1) is 14.9. The molecule has 0 aliphatic heterocycles. The lowest BCUT2D eigenvalue weighted by Crippen LogP contribution is -2.28. The molecule has 2 rings (SSSR count). The highest BCUT2D eigenvalue weighted by Crippen LogP contribution is 2.31. The lowest BCUT2D eigenvalue weighted by atomic mass is 10.2. The Balaban J connectivity index is 2.42. The molecule has 1 aromatic carbocycles. The third kappa shape index (κ3) is 2.96. The van der Waals surface area contributed by atoms with Crippen molar-refractivity contribution in [3.05, 3.63) is 23.8 Å². The Morgan fingerprint density at radius 1 is 1.45 bits per heavy atom. The lowest BCUT2D eigenvalue weighted by molar-refractivity contribution is 0.413. The molecule has 0 spiro atoms. The number of rotatable bonds is 4. The molecule has 1 aromatic rings. The second-order valence-corrected chi connectivity index (χ2v) is 6.62. The zero-order valence-electron chi connectivity index (χ0n) is 11.6. The quantitative estimate of drug-likeness (QED) is 0.833. The summed E-state index contributed by atoms with van der Waals surface area (Å²) in [5.41, 5.74) is 5.88. The van der Waals surface area contributed by atoms with Crippen molar-refractivity contribution in [3.63, 3.8) is 0 Å². The lowest BCUT2D eigenvalue weighted by Gasteiger charge is -2.17. The molecular formula is C14H18N2O3S. The van der Waals surface area contributed by atoms with Gasteiger partial charge in [0.25, 0.3) is 0 Å². The summed E-state index contributed by atoms with van der Waals surface area (Å²) in [6.07, 6.45) is 1.84. The number of nitrogens with zero attached hydrogens (tertiary/aromatic N) is 1. The highest BCUT2D eigenvalue weighted by molar-refractivity contribution is 7.89. The summed E-state index contributed by atoms with van der Waals surface area (Å²) in [6.45, 7) is 0.210. The van der Waals surface area contributed by atoms with Crippen molar-refractivity contribution in [2.24, 2.45) is 5.73 Å². The van der Waals surface area contributed by atoms with Crippen molar-refractivity contribution < 1.29 is 13.2 Å². The number of nitrogens with two attached hydrogens (primary N) is 1. The first-order valence-electron chi connectivity index (χ1n) is 6.35. The second kappa shape index (κ2) is 5.83. The molecule has 6 heteroatoms. The van der Waals surface area contributed by atoms with Crippen LogP contribution in [-0.4, -0.2) is 39.5 Å². The number of hydrogen-bond acceptors (Lipinski definition) is 4. The van der Waals surface area contributed by atoms with Gasteiger partial charge in [0.1, 0.15) is 5.75 Å². The summed E-state index contributed by atoms with van der Waals surface area (Å²) in [7, 11) is -0.335. The molecule has 0 saturated heterocycles. The van der Waals surface area contributed by atoms with E-state index in [2.05, 4.69) is 11.8 Å². The molecule has 0 atom stereocenters. The van der Waals surface area contributed by atoms with E-state index < -0.39 is 10.0 Å². The normalized spacial score (nSPS) is 14.8. The van der Waals surface area contributed by atoms with Crippen LogP contribution in [0.25, 0.3) is 0 Å². The van der Waals surface area contributed by atoms with Crippen LogP contribution >= 0.6 is 0 Å². The average Bonchev–Trinajstić information content (AvgIpc) is 3.28. The van der Waals surface area contributed by atoms with Crippen molar-refractivity contribution in [2.75, 3.05) is 20.7 Å². The fraction of sp³-hybridized carbons (Fsp3) is 0.429. The number of hydrogen-bond donors (Lipinski definition) is 1. The molecule has 1 aliphatic carbocycles. The molecule has 0 aromatic heterocycles. The van der Waals surface area contributed by atoms with Gasteiger partial charge in [0.2, 0.25) is 10.0 Å².